The summed E-state index contributed by atoms with van der Waals surface area (Å²) in [6.07, 6.45) is 20.4. The molecule has 4 rings (SSSR count). The van der Waals surface area contributed by atoms with Crippen LogP contribution in [0, 0.1) is 5.92 Å². The second-order valence-electron chi connectivity index (χ2n) is 11.2. The van der Waals surface area contributed by atoms with Crippen LogP contribution in [-0.4, -0.2) is 35.1 Å². The van der Waals surface area contributed by atoms with Crippen LogP contribution in [0.2, 0.25) is 0 Å². The minimum absolute atomic E-state index is 0.00273. The zero-order chi connectivity index (χ0) is 23.6. The smallest absolute Gasteiger partial charge is 0.338 e. The molecule has 3 nitrogen and oxygen atoms in total. The lowest BCUT2D eigenvalue weighted by Crippen LogP contribution is -2.60. The maximum Gasteiger partial charge on any atom is 0.338 e. The van der Waals surface area contributed by atoms with Gasteiger partial charge < -0.3 is 4.74 Å². The fourth-order valence-electron chi connectivity index (χ4n) is 5.74. The highest BCUT2D eigenvalue weighted by molar-refractivity contribution is 5.89. The monoisotopic (exact) mass is 445 g/mol. The molecule has 1 aliphatic heterocycles. The fourth-order valence-corrected chi connectivity index (χ4v) is 5.74. The van der Waals surface area contributed by atoms with Crippen molar-refractivity contribution in [1.29, 1.82) is 0 Å². The lowest BCUT2D eigenvalue weighted by molar-refractivity contribution is -0.0732. The molecule has 33 heavy (non-hydrogen) atoms. The van der Waals surface area contributed by atoms with Gasteiger partial charge in [0.15, 0.2) is 0 Å². The molecular weight excluding hydrogens is 406 g/mol. The minimum Gasteiger partial charge on any atom is -0.459 e. The Morgan fingerprint density at radius 2 is 1.55 bits per heavy atom. The standard InChI is InChI=1S/C30H39NO2/c1-29(2)20-27(21-30(3,4)31(29)5)33-28(32)26-18-16-25(17-19-26)24-14-12-23(13-15-24)22-10-8-6-7-9-11-22/h6-12,16-19,22,24,27H,13-15,20-21H2,1-5H3. The quantitative estimate of drug-likeness (QED) is 0.369. The SMILES string of the molecule is CN1C(C)(C)CC(OC(=O)c2ccc(C3CC=C(C4C=CC=CC=C4)CC3)cc2)CC1(C)C. The third kappa shape index (κ3) is 5.41. The first-order valence-corrected chi connectivity index (χ1v) is 12.4. The number of nitrogens with zero attached hydrogens (tertiary/aromatic N) is 1. The Kier molecular flexibility index (Phi) is 6.81. The first-order chi connectivity index (χ1) is 15.7. The molecule has 1 heterocycles. The Bertz CT molecular complexity index is 943. The molecule has 0 bridgehead atoms. The van der Waals surface area contributed by atoms with Crippen LogP contribution in [-0.2, 0) is 4.74 Å². The van der Waals surface area contributed by atoms with Crippen molar-refractivity contribution < 1.29 is 9.53 Å². The number of benzene rings is 1. The number of ether oxygens (including phenoxy) is 1. The van der Waals surface area contributed by atoms with Gasteiger partial charge in [0, 0.05) is 29.8 Å². The van der Waals surface area contributed by atoms with E-state index in [2.05, 4.69) is 94.3 Å². The van der Waals surface area contributed by atoms with E-state index < -0.39 is 0 Å². The number of carbonyl (C=O) groups excluding carboxylic acids is 1. The number of hydrogen-bond donors (Lipinski definition) is 0. The van der Waals surface area contributed by atoms with Crippen LogP contribution in [0.4, 0.5) is 0 Å². The molecule has 1 saturated heterocycles. The van der Waals surface area contributed by atoms with Gasteiger partial charge in [0.05, 0.1) is 5.56 Å². The summed E-state index contributed by atoms with van der Waals surface area (Å²) < 4.78 is 5.98. The minimum atomic E-state index is -0.200. The fraction of sp³-hybridized carbons (Fsp3) is 0.500. The lowest BCUT2D eigenvalue weighted by Gasteiger charge is -2.53. The summed E-state index contributed by atoms with van der Waals surface area (Å²) in [6.45, 7) is 8.92. The Hall–Kier alpha value is -2.39. The van der Waals surface area contributed by atoms with Crippen molar-refractivity contribution in [2.75, 3.05) is 7.05 Å². The van der Waals surface area contributed by atoms with Crippen LogP contribution in [0.15, 0.2) is 72.4 Å². The molecule has 0 amide bonds. The molecule has 1 unspecified atom stereocenters. The van der Waals surface area contributed by atoms with Gasteiger partial charge in [0.25, 0.3) is 0 Å². The zero-order valence-electron chi connectivity index (χ0n) is 20.9. The predicted octanol–water partition coefficient (Wildman–Crippen LogP) is 6.99. The second kappa shape index (κ2) is 9.46. The van der Waals surface area contributed by atoms with E-state index >= 15 is 0 Å². The molecule has 176 valence electrons. The van der Waals surface area contributed by atoms with Crippen molar-refractivity contribution in [2.24, 2.45) is 5.92 Å². The van der Waals surface area contributed by atoms with Gasteiger partial charge in [0.2, 0.25) is 0 Å². The number of carbonyl (C=O) groups is 1. The number of allylic oxidation sites excluding steroid dienone is 8. The Morgan fingerprint density at radius 3 is 2.09 bits per heavy atom. The van der Waals surface area contributed by atoms with Crippen LogP contribution in [0.3, 0.4) is 0 Å². The number of rotatable bonds is 4. The van der Waals surface area contributed by atoms with Crippen LogP contribution in [0.1, 0.15) is 81.6 Å². The molecule has 1 atom stereocenters. The Balaban J connectivity index is 1.36. The van der Waals surface area contributed by atoms with Gasteiger partial charge in [0.1, 0.15) is 6.10 Å². The molecule has 1 fully saturated rings. The summed E-state index contributed by atoms with van der Waals surface area (Å²) in [5.41, 5.74) is 3.50. The molecule has 0 radical (unpaired) electrons. The van der Waals surface area contributed by atoms with E-state index in [4.69, 9.17) is 4.74 Å². The van der Waals surface area contributed by atoms with Crippen LogP contribution in [0.25, 0.3) is 0 Å². The molecule has 1 aromatic rings. The van der Waals surface area contributed by atoms with E-state index in [-0.39, 0.29) is 23.2 Å². The van der Waals surface area contributed by atoms with E-state index in [0.29, 0.717) is 17.4 Å². The molecular formula is C30H39NO2. The average molecular weight is 446 g/mol. The number of likely N-dealkylation sites (tertiary alicyclic amines) is 1. The van der Waals surface area contributed by atoms with E-state index in [0.717, 1.165) is 32.1 Å². The van der Waals surface area contributed by atoms with Crippen molar-refractivity contribution in [3.63, 3.8) is 0 Å². The summed E-state index contributed by atoms with van der Waals surface area (Å²) in [6, 6.07) is 8.14. The number of esters is 1. The highest BCUT2D eigenvalue weighted by Crippen LogP contribution is 2.39. The van der Waals surface area contributed by atoms with Gasteiger partial charge in [-0.05, 0) is 77.6 Å². The zero-order valence-corrected chi connectivity index (χ0v) is 20.9. The normalized spacial score (nSPS) is 25.5. The van der Waals surface area contributed by atoms with Gasteiger partial charge in [-0.2, -0.15) is 0 Å². The van der Waals surface area contributed by atoms with E-state index in [1.54, 1.807) is 0 Å². The van der Waals surface area contributed by atoms with E-state index in [1.807, 2.05) is 12.1 Å². The molecule has 3 heteroatoms. The third-order valence-electron chi connectivity index (χ3n) is 8.01. The molecule has 2 aliphatic carbocycles. The molecule has 0 saturated carbocycles. The van der Waals surface area contributed by atoms with Gasteiger partial charge in [-0.3, -0.25) is 4.90 Å². The van der Waals surface area contributed by atoms with Gasteiger partial charge in [-0.15, -0.1) is 0 Å². The predicted molar refractivity (Wildman–Crippen MR) is 136 cm³/mol. The second-order valence-corrected chi connectivity index (χ2v) is 11.2. The van der Waals surface area contributed by atoms with Crippen molar-refractivity contribution >= 4 is 5.97 Å². The topological polar surface area (TPSA) is 29.5 Å². The third-order valence-corrected chi connectivity index (χ3v) is 8.01. The Labute approximate surface area is 199 Å². The highest BCUT2D eigenvalue weighted by Gasteiger charge is 2.44. The first kappa shape index (κ1) is 23.8. The van der Waals surface area contributed by atoms with Crippen LogP contribution >= 0.6 is 0 Å². The first-order valence-electron chi connectivity index (χ1n) is 12.4. The number of hydrogen-bond acceptors (Lipinski definition) is 3. The molecule has 0 aromatic heterocycles. The summed E-state index contributed by atoms with van der Waals surface area (Å²) in [7, 11) is 2.17. The summed E-state index contributed by atoms with van der Waals surface area (Å²) in [5.74, 6) is 0.743. The molecule has 0 spiro atoms. The maximum absolute atomic E-state index is 12.9. The van der Waals surface area contributed by atoms with E-state index in [1.165, 1.54) is 11.1 Å². The van der Waals surface area contributed by atoms with Gasteiger partial charge in [-0.1, -0.05) is 60.2 Å². The molecule has 3 aliphatic rings. The van der Waals surface area contributed by atoms with Crippen molar-refractivity contribution in [3.8, 4) is 0 Å². The van der Waals surface area contributed by atoms with Crippen LogP contribution in [0.5, 0.6) is 0 Å². The maximum atomic E-state index is 12.9. The van der Waals surface area contributed by atoms with Gasteiger partial charge >= 0.3 is 5.97 Å². The van der Waals surface area contributed by atoms with Crippen LogP contribution < -0.4 is 0 Å². The van der Waals surface area contributed by atoms with Crippen molar-refractivity contribution in [3.05, 3.63) is 83.5 Å². The highest BCUT2D eigenvalue weighted by atomic mass is 16.5. The number of piperidine rings is 1. The summed E-state index contributed by atoms with van der Waals surface area (Å²) in [5, 5.41) is 0. The lowest BCUT2D eigenvalue weighted by atomic mass is 9.78. The summed E-state index contributed by atoms with van der Waals surface area (Å²) in [4.78, 5) is 15.3. The van der Waals surface area contributed by atoms with Gasteiger partial charge in [-0.25, -0.2) is 4.79 Å². The molecule has 1 aromatic carbocycles. The van der Waals surface area contributed by atoms with Crippen molar-refractivity contribution in [1.82, 2.24) is 4.90 Å². The Morgan fingerprint density at radius 1 is 0.939 bits per heavy atom. The summed E-state index contributed by atoms with van der Waals surface area (Å²) >= 11 is 0. The molecule has 0 N–H and O–H groups in total. The van der Waals surface area contributed by atoms with E-state index in [9.17, 15) is 4.79 Å². The largest absolute Gasteiger partial charge is 0.459 e. The average Bonchev–Trinajstić information content (AvgIpc) is 3.07. The van der Waals surface area contributed by atoms with Crippen molar-refractivity contribution in [2.45, 2.75) is 82.9 Å².